The predicted molar refractivity (Wildman–Crippen MR) is 79.8 cm³/mol. The van der Waals surface area contributed by atoms with Gasteiger partial charge in [-0.3, -0.25) is 4.79 Å². The lowest BCUT2D eigenvalue weighted by Gasteiger charge is -2.04. The number of carbonyl (C=O) groups excluding carboxylic acids is 1. The van der Waals surface area contributed by atoms with Crippen molar-refractivity contribution in [3.05, 3.63) is 0 Å². The van der Waals surface area contributed by atoms with Crippen molar-refractivity contribution in [2.75, 3.05) is 0 Å². The molecule has 0 aromatic carbocycles. The minimum absolute atomic E-state index is 0.298. The van der Waals surface area contributed by atoms with Crippen molar-refractivity contribution in [2.45, 2.75) is 96.6 Å². The Labute approximate surface area is 118 Å². The fourth-order valence-corrected chi connectivity index (χ4v) is 2.31. The minimum Gasteiger partial charge on any atom is -0.367 e. The lowest BCUT2D eigenvalue weighted by atomic mass is 10.0. The van der Waals surface area contributed by atoms with Crippen LogP contribution in [0.25, 0.3) is 0 Å². The Hall–Kier alpha value is -0.600. The molecule has 1 amide bonds. The van der Waals surface area contributed by atoms with Gasteiger partial charge in [-0.15, -0.1) is 0 Å². The fourth-order valence-electron chi connectivity index (χ4n) is 2.31. The summed E-state index contributed by atoms with van der Waals surface area (Å²) in [6.07, 6.45) is 13.9. The Balaban J connectivity index is 3.05. The molecule has 114 valence electrons. The summed E-state index contributed by atoms with van der Waals surface area (Å²) in [5.74, 6) is -0.817. The zero-order valence-corrected chi connectivity index (χ0v) is 12.6. The molecule has 0 saturated heterocycles. The van der Waals surface area contributed by atoms with Crippen molar-refractivity contribution in [3.8, 4) is 0 Å². The lowest BCUT2D eigenvalue weighted by Crippen LogP contribution is -2.24. The number of hydrogen-bond acceptors (Lipinski definition) is 1. The third-order valence-corrected chi connectivity index (χ3v) is 3.62. The third kappa shape index (κ3) is 13.6. The summed E-state index contributed by atoms with van der Waals surface area (Å²) in [6.45, 7) is 2.24. The van der Waals surface area contributed by atoms with Gasteiger partial charge in [-0.1, -0.05) is 84.0 Å². The third-order valence-electron chi connectivity index (χ3n) is 3.62. The van der Waals surface area contributed by atoms with Crippen LogP contribution in [0.1, 0.15) is 90.4 Å². The number of alkyl halides is 1. The number of carbonyl (C=O) groups is 1. The molecule has 0 saturated carbocycles. The van der Waals surface area contributed by atoms with E-state index in [9.17, 15) is 9.18 Å². The van der Waals surface area contributed by atoms with Gasteiger partial charge in [0, 0.05) is 0 Å². The van der Waals surface area contributed by atoms with Gasteiger partial charge in [0.25, 0.3) is 5.91 Å². The van der Waals surface area contributed by atoms with E-state index >= 15 is 0 Å². The molecular formula is C16H32FNO. The van der Waals surface area contributed by atoms with Gasteiger partial charge in [0.1, 0.15) is 0 Å². The van der Waals surface area contributed by atoms with Crippen LogP contribution in [0.15, 0.2) is 0 Å². The summed E-state index contributed by atoms with van der Waals surface area (Å²) in [4.78, 5) is 10.5. The highest BCUT2D eigenvalue weighted by atomic mass is 19.1. The van der Waals surface area contributed by atoms with E-state index in [1.54, 1.807) is 0 Å². The standard InChI is InChI=1S/C16H32FNO/c1-2-3-4-5-6-7-8-9-10-11-12-13-14-15(17)16(18)19/h15H,2-14H2,1H3,(H2,18,19)/t15-/m1/s1. The summed E-state index contributed by atoms with van der Waals surface area (Å²) in [7, 11) is 0. The van der Waals surface area contributed by atoms with Gasteiger partial charge >= 0.3 is 0 Å². The molecule has 0 heterocycles. The molecule has 0 aromatic rings. The SMILES string of the molecule is CCCCCCCCCCCCCC[C@@H](F)C(N)=O. The molecule has 0 aromatic heterocycles. The van der Waals surface area contributed by atoms with Crippen molar-refractivity contribution in [1.29, 1.82) is 0 Å². The number of halogens is 1. The molecular weight excluding hydrogens is 241 g/mol. The highest BCUT2D eigenvalue weighted by Gasteiger charge is 2.11. The van der Waals surface area contributed by atoms with E-state index in [0.29, 0.717) is 6.42 Å². The van der Waals surface area contributed by atoms with Crippen molar-refractivity contribution in [3.63, 3.8) is 0 Å². The number of unbranched alkanes of at least 4 members (excludes halogenated alkanes) is 11. The van der Waals surface area contributed by atoms with Crippen LogP contribution >= 0.6 is 0 Å². The van der Waals surface area contributed by atoms with Crippen LogP contribution in [-0.2, 0) is 4.79 Å². The molecule has 2 N–H and O–H groups in total. The quantitative estimate of drug-likeness (QED) is 0.449. The smallest absolute Gasteiger partial charge is 0.251 e. The van der Waals surface area contributed by atoms with Crippen LogP contribution in [0.3, 0.4) is 0 Å². The fraction of sp³-hybridized carbons (Fsp3) is 0.938. The number of rotatable bonds is 14. The molecule has 19 heavy (non-hydrogen) atoms. The van der Waals surface area contributed by atoms with Gasteiger partial charge in [0.2, 0.25) is 0 Å². The Kier molecular flexibility index (Phi) is 13.4. The maximum absolute atomic E-state index is 12.9. The van der Waals surface area contributed by atoms with Gasteiger partial charge in [0.15, 0.2) is 6.17 Å². The summed E-state index contributed by atoms with van der Waals surface area (Å²) < 4.78 is 12.9. The second-order valence-corrected chi connectivity index (χ2v) is 5.55. The average molecular weight is 273 g/mol. The van der Waals surface area contributed by atoms with Crippen molar-refractivity contribution < 1.29 is 9.18 Å². The van der Waals surface area contributed by atoms with Gasteiger partial charge in [-0.25, -0.2) is 4.39 Å². The molecule has 0 spiro atoms. The molecule has 3 heteroatoms. The second kappa shape index (κ2) is 13.8. The van der Waals surface area contributed by atoms with Crippen LogP contribution in [-0.4, -0.2) is 12.1 Å². The number of nitrogens with two attached hydrogens (primary N) is 1. The van der Waals surface area contributed by atoms with Gasteiger partial charge in [0.05, 0.1) is 0 Å². The summed E-state index contributed by atoms with van der Waals surface area (Å²) in [5.41, 5.74) is 4.86. The largest absolute Gasteiger partial charge is 0.367 e. The minimum atomic E-state index is -1.44. The van der Waals surface area contributed by atoms with E-state index in [1.165, 1.54) is 57.8 Å². The Bertz CT molecular complexity index is 209. The monoisotopic (exact) mass is 273 g/mol. The zero-order chi connectivity index (χ0) is 14.3. The molecule has 0 fully saturated rings. The molecule has 0 aliphatic heterocycles. The number of hydrogen-bond donors (Lipinski definition) is 1. The molecule has 0 unspecified atom stereocenters. The summed E-state index contributed by atoms with van der Waals surface area (Å²) in [6, 6.07) is 0. The van der Waals surface area contributed by atoms with E-state index in [0.717, 1.165) is 19.3 Å². The molecule has 0 bridgehead atoms. The molecule has 2 nitrogen and oxygen atoms in total. The normalized spacial score (nSPS) is 12.5. The molecule has 0 aliphatic rings. The first-order valence-corrected chi connectivity index (χ1v) is 8.12. The Morgan fingerprint density at radius 2 is 1.21 bits per heavy atom. The van der Waals surface area contributed by atoms with Crippen LogP contribution in [0.5, 0.6) is 0 Å². The predicted octanol–water partition coefficient (Wildman–Crippen LogP) is 4.90. The summed E-state index contributed by atoms with van der Waals surface area (Å²) in [5, 5.41) is 0. The van der Waals surface area contributed by atoms with Crippen LogP contribution in [0.2, 0.25) is 0 Å². The summed E-state index contributed by atoms with van der Waals surface area (Å²) >= 11 is 0. The van der Waals surface area contributed by atoms with Crippen molar-refractivity contribution in [1.82, 2.24) is 0 Å². The van der Waals surface area contributed by atoms with Crippen molar-refractivity contribution in [2.24, 2.45) is 5.73 Å². The first-order valence-electron chi connectivity index (χ1n) is 8.12. The zero-order valence-electron chi connectivity index (χ0n) is 12.6. The van der Waals surface area contributed by atoms with Crippen LogP contribution in [0.4, 0.5) is 4.39 Å². The first kappa shape index (κ1) is 18.4. The average Bonchev–Trinajstić information content (AvgIpc) is 2.39. The van der Waals surface area contributed by atoms with E-state index in [-0.39, 0.29) is 0 Å². The van der Waals surface area contributed by atoms with Crippen LogP contribution in [0, 0.1) is 0 Å². The maximum Gasteiger partial charge on any atom is 0.251 e. The van der Waals surface area contributed by atoms with E-state index in [4.69, 9.17) is 5.73 Å². The molecule has 0 radical (unpaired) electrons. The Morgan fingerprint density at radius 1 is 0.842 bits per heavy atom. The van der Waals surface area contributed by atoms with E-state index < -0.39 is 12.1 Å². The maximum atomic E-state index is 12.9. The van der Waals surface area contributed by atoms with Gasteiger partial charge in [-0.2, -0.15) is 0 Å². The highest BCUT2D eigenvalue weighted by Crippen LogP contribution is 2.13. The second-order valence-electron chi connectivity index (χ2n) is 5.55. The van der Waals surface area contributed by atoms with Crippen molar-refractivity contribution >= 4 is 5.91 Å². The lowest BCUT2D eigenvalue weighted by molar-refractivity contribution is -0.122. The van der Waals surface area contributed by atoms with E-state index in [2.05, 4.69) is 6.92 Å². The van der Waals surface area contributed by atoms with E-state index in [1.807, 2.05) is 0 Å². The topological polar surface area (TPSA) is 43.1 Å². The van der Waals surface area contributed by atoms with Crippen LogP contribution < -0.4 is 5.73 Å². The highest BCUT2D eigenvalue weighted by molar-refractivity contribution is 5.78. The molecule has 0 rings (SSSR count). The Morgan fingerprint density at radius 3 is 1.58 bits per heavy atom. The van der Waals surface area contributed by atoms with Gasteiger partial charge < -0.3 is 5.73 Å². The first-order chi connectivity index (χ1) is 9.18. The number of primary amides is 1. The molecule has 1 atom stereocenters. The molecule has 0 aliphatic carbocycles. The number of amides is 1. The van der Waals surface area contributed by atoms with Gasteiger partial charge in [-0.05, 0) is 6.42 Å².